The van der Waals surface area contributed by atoms with Gasteiger partial charge in [0.15, 0.2) is 23.4 Å². The quantitative estimate of drug-likeness (QED) is 0.203. The van der Waals surface area contributed by atoms with E-state index in [1.807, 2.05) is 0 Å². The Bertz CT molecular complexity index is 1810. The highest BCUT2D eigenvalue weighted by molar-refractivity contribution is 9.10. The third-order valence-corrected chi connectivity index (χ3v) is 6.70. The lowest BCUT2D eigenvalue weighted by molar-refractivity contribution is -0.144. The molecule has 0 spiro atoms. The van der Waals surface area contributed by atoms with Gasteiger partial charge in [-0.25, -0.2) is 9.78 Å². The predicted octanol–water partition coefficient (Wildman–Crippen LogP) is 6.36. The molecule has 198 valence electrons. The van der Waals surface area contributed by atoms with Crippen molar-refractivity contribution in [3.63, 3.8) is 0 Å². The zero-order valence-corrected chi connectivity index (χ0v) is 23.1. The van der Waals surface area contributed by atoms with Crippen LogP contribution in [-0.2, 0) is 4.79 Å². The van der Waals surface area contributed by atoms with Crippen LogP contribution in [0.15, 0.2) is 79.4 Å². The van der Waals surface area contributed by atoms with Crippen LogP contribution in [0.2, 0.25) is 5.02 Å². The van der Waals surface area contributed by atoms with Crippen molar-refractivity contribution in [2.75, 3.05) is 6.61 Å². The van der Waals surface area contributed by atoms with Crippen molar-refractivity contribution in [3.05, 3.63) is 86.1 Å². The summed E-state index contributed by atoms with van der Waals surface area (Å²) in [5.41, 5.74) is 1.25. The number of aliphatic carboxylic acids is 1. The molecule has 0 aliphatic heterocycles. The number of nitrogens with zero attached hydrogens (tertiary/aromatic N) is 3. The second kappa shape index (κ2) is 10.9. The Morgan fingerprint density at radius 2 is 2.00 bits per heavy atom. The number of benzene rings is 3. The Balaban J connectivity index is 1.64. The van der Waals surface area contributed by atoms with Gasteiger partial charge in [-0.1, -0.05) is 23.7 Å². The summed E-state index contributed by atoms with van der Waals surface area (Å²) >= 11 is 9.62. The lowest BCUT2D eigenvalue weighted by atomic mass is 10.2. The molecule has 0 unspecified atom stereocenters. The molecular weight excluding hydrogens is 590 g/mol. The van der Waals surface area contributed by atoms with Gasteiger partial charge in [0.25, 0.3) is 5.56 Å². The molecule has 11 heteroatoms. The molecule has 0 radical (unpaired) electrons. The van der Waals surface area contributed by atoms with Crippen molar-refractivity contribution < 1.29 is 23.8 Å². The molecular formula is C28H21BrClN3O6. The third kappa shape index (κ3) is 5.39. The van der Waals surface area contributed by atoms with Gasteiger partial charge in [-0.2, -0.15) is 9.78 Å². The van der Waals surface area contributed by atoms with Gasteiger partial charge in [0.05, 0.1) is 23.7 Å². The van der Waals surface area contributed by atoms with Crippen LogP contribution in [0.1, 0.15) is 19.4 Å². The summed E-state index contributed by atoms with van der Waals surface area (Å²) in [7, 11) is 0. The van der Waals surface area contributed by atoms with Crippen LogP contribution >= 0.6 is 27.5 Å². The Labute approximate surface area is 235 Å². The normalized spacial score (nSPS) is 12.3. The maximum absolute atomic E-state index is 13.5. The monoisotopic (exact) mass is 609 g/mol. The molecule has 0 bridgehead atoms. The standard InChI is InChI=1S/C28H21BrClN3O6/c1-3-37-23-12-17(20(29)13-24(23)38-15(2)28(35)36)14-31-33-26(32-21-7-5-4-6-19(21)27(33)34)25-11-16-10-18(30)8-9-22(16)39-25/h4-15H,3H2,1-2H3,(H,35,36)/t15-/m1/s1. The largest absolute Gasteiger partial charge is 0.490 e. The topological polar surface area (TPSA) is 116 Å². The lowest BCUT2D eigenvalue weighted by Crippen LogP contribution is -2.23. The summed E-state index contributed by atoms with van der Waals surface area (Å²) in [4.78, 5) is 29.5. The van der Waals surface area contributed by atoms with E-state index in [0.29, 0.717) is 49.7 Å². The van der Waals surface area contributed by atoms with Crippen molar-refractivity contribution >= 4 is 61.6 Å². The van der Waals surface area contributed by atoms with Gasteiger partial charge in [-0.15, -0.1) is 0 Å². The maximum Gasteiger partial charge on any atom is 0.344 e. The molecule has 0 aliphatic carbocycles. The van der Waals surface area contributed by atoms with Gasteiger partial charge in [0.2, 0.25) is 5.82 Å². The number of hydrogen-bond donors (Lipinski definition) is 1. The third-order valence-electron chi connectivity index (χ3n) is 5.78. The first-order valence-corrected chi connectivity index (χ1v) is 13.0. The highest BCUT2D eigenvalue weighted by Gasteiger charge is 2.19. The van der Waals surface area contributed by atoms with Gasteiger partial charge >= 0.3 is 5.97 Å². The number of hydrogen-bond acceptors (Lipinski definition) is 7. The van der Waals surface area contributed by atoms with Crippen LogP contribution in [0.3, 0.4) is 0 Å². The molecule has 0 aliphatic rings. The minimum Gasteiger partial charge on any atom is -0.490 e. The Morgan fingerprint density at radius 3 is 2.77 bits per heavy atom. The fourth-order valence-corrected chi connectivity index (χ4v) is 4.49. The number of rotatable bonds is 8. The molecule has 3 aromatic carbocycles. The Kier molecular flexibility index (Phi) is 7.40. The van der Waals surface area contributed by atoms with Crippen molar-refractivity contribution in [1.29, 1.82) is 0 Å². The second-order valence-electron chi connectivity index (χ2n) is 8.46. The zero-order chi connectivity index (χ0) is 27.7. The van der Waals surface area contributed by atoms with Gasteiger partial charge < -0.3 is 19.0 Å². The van der Waals surface area contributed by atoms with E-state index in [9.17, 15) is 14.7 Å². The first kappa shape index (κ1) is 26.5. The molecule has 1 atom stereocenters. The molecule has 2 heterocycles. The van der Waals surface area contributed by atoms with Crippen molar-refractivity contribution in [2.24, 2.45) is 5.10 Å². The smallest absolute Gasteiger partial charge is 0.344 e. The Hall–Kier alpha value is -4.15. The van der Waals surface area contributed by atoms with Crippen LogP contribution in [0.4, 0.5) is 0 Å². The average molecular weight is 611 g/mol. The van der Waals surface area contributed by atoms with Gasteiger partial charge in [0.1, 0.15) is 5.58 Å². The maximum atomic E-state index is 13.5. The second-order valence-corrected chi connectivity index (χ2v) is 9.75. The van der Waals surface area contributed by atoms with E-state index in [0.717, 1.165) is 5.39 Å². The number of para-hydroxylation sites is 1. The summed E-state index contributed by atoms with van der Waals surface area (Å²) in [6, 6.07) is 17.2. The highest BCUT2D eigenvalue weighted by atomic mass is 79.9. The SMILES string of the molecule is CCOc1cc(C=Nn2c(-c3cc4cc(Cl)ccc4o3)nc3ccccc3c2=O)c(Br)cc1O[C@H](C)C(=O)O. The van der Waals surface area contributed by atoms with E-state index in [1.165, 1.54) is 17.8 Å². The van der Waals surface area contributed by atoms with Crippen LogP contribution in [-0.4, -0.2) is 39.7 Å². The molecule has 1 N–H and O–H groups in total. The molecule has 0 saturated heterocycles. The van der Waals surface area contributed by atoms with Gasteiger partial charge in [-0.3, -0.25) is 4.79 Å². The number of aromatic nitrogens is 2. The van der Waals surface area contributed by atoms with E-state index >= 15 is 0 Å². The number of halogens is 2. The number of carboxylic acids is 1. The summed E-state index contributed by atoms with van der Waals surface area (Å²) < 4.78 is 19.0. The van der Waals surface area contributed by atoms with E-state index in [1.54, 1.807) is 67.6 Å². The minimum absolute atomic E-state index is 0.207. The van der Waals surface area contributed by atoms with Crippen LogP contribution in [0.5, 0.6) is 11.5 Å². The Morgan fingerprint density at radius 1 is 1.21 bits per heavy atom. The molecule has 5 aromatic rings. The fourth-order valence-electron chi connectivity index (χ4n) is 3.89. The first-order chi connectivity index (χ1) is 18.7. The van der Waals surface area contributed by atoms with E-state index in [2.05, 4.69) is 26.0 Å². The summed E-state index contributed by atoms with van der Waals surface area (Å²) in [6.07, 6.45) is 0.386. The van der Waals surface area contributed by atoms with Crippen molar-refractivity contribution in [2.45, 2.75) is 20.0 Å². The number of carbonyl (C=O) groups is 1. The number of carboxylic acid groups (broad SMARTS) is 1. The molecule has 39 heavy (non-hydrogen) atoms. The number of furan rings is 1. The highest BCUT2D eigenvalue weighted by Crippen LogP contribution is 2.34. The van der Waals surface area contributed by atoms with E-state index < -0.39 is 12.1 Å². The molecule has 5 rings (SSSR count). The molecule has 2 aromatic heterocycles. The van der Waals surface area contributed by atoms with Crippen molar-refractivity contribution in [3.8, 4) is 23.1 Å². The zero-order valence-electron chi connectivity index (χ0n) is 20.7. The van der Waals surface area contributed by atoms with E-state index in [4.69, 9.17) is 25.5 Å². The van der Waals surface area contributed by atoms with Crippen molar-refractivity contribution in [1.82, 2.24) is 9.66 Å². The van der Waals surface area contributed by atoms with Gasteiger partial charge in [-0.05, 0) is 78.3 Å². The van der Waals surface area contributed by atoms with Crippen LogP contribution < -0.4 is 15.0 Å². The summed E-state index contributed by atoms with van der Waals surface area (Å²) in [5.74, 6) is 0.0183. The number of fused-ring (bicyclic) bond motifs is 2. The van der Waals surface area contributed by atoms with Gasteiger partial charge in [0, 0.05) is 20.4 Å². The summed E-state index contributed by atoms with van der Waals surface area (Å²) in [5, 5.41) is 15.4. The van der Waals surface area contributed by atoms with E-state index in [-0.39, 0.29) is 17.1 Å². The molecule has 0 saturated carbocycles. The van der Waals surface area contributed by atoms with Crippen LogP contribution in [0.25, 0.3) is 33.5 Å². The first-order valence-electron chi connectivity index (χ1n) is 11.9. The molecule has 9 nitrogen and oxygen atoms in total. The molecule has 0 fully saturated rings. The average Bonchev–Trinajstić information content (AvgIpc) is 3.33. The fraction of sp³-hybridized carbons (Fsp3) is 0.143. The predicted molar refractivity (Wildman–Crippen MR) is 152 cm³/mol. The lowest BCUT2D eigenvalue weighted by Gasteiger charge is -2.16. The van der Waals surface area contributed by atoms with Crippen LogP contribution in [0, 0.1) is 0 Å². The molecule has 0 amide bonds. The number of ether oxygens (including phenoxy) is 2. The summed E-state index contributed by atoms with van der Waals surface area (Å²) in [6.45, 7) is 3.55. The minimum atomic E-state index is -1.11.